The third-order valence-corrected chi connectivity index (χ3v) is 5.71. The number of alkyl halides is 6. The van der Waals surface area contributed by atoms with Gasteiger partial charge < -0.3 is 4.90 Å². The molecule has 174 valence electrons. The minimum Gasteiger partial charge on any atom is -0.302 e. The van der Waals surface area contributed by atoms with Crippen LogP contribution in [-0.4, -0.2) is 18.5 Å². The summed E-state index contributed by atoms with van der Waals surface area (Å²) in [6.07, 6.45) is -9.90. The zero-order chi connectivity index (χ0) is 24.2. The van der Waals surface area contributed by atoms with Gasteiger partial charge in [0, 0.05) is 6.54 Å². The molecule has 8 heteroatoms. The van der Waals surface area contributed by atoms with Gasteiger partial charge in [-0.25, -0.2) is 0 Å². The van der Waals surface area contributed by atoms with Crippen LogP contribution >= 0.6 is 0 Å². The zero-order valence-electron chi connectivity index (χ0n) is 18.2. The number of nitrogens with zero attached hydrogens (tertiary/aromatic N) is 2. The lowest BCUT2D eigenvalue weighted by Crippen LogP contribution is -2.37. The molecule has 0 amide bonds. The van der Waals surface area contributed by atoms with Crippen molar-refractivity contribution in [1.82, 2.24) is 4.90 Å². The largest absolute Gasteiger partial charge is 0.416 e. The average Bonchev–Trinajstić information content (AvgIpc) is 2.70. The Morgan fingerprint density at radius 3 is 1.84 bits per heavy atom. The Morgan fingerprint density at radius 1 is 0.875 bits per heavy atom. The Kier molecular flexibility index (Phi) is 8.00. The lowest BCUT2D eigenvalue weighted by molar-refractivity contribution is -0.145. The van der Waals surface area contributed by atoms with Crippen molar-refractivity contribution in [3.63, 3.8) is 0 Å². The molecule has 0 aliphatic rings. The molecule has 0 bridgehead atoms. The van der Waals surface area contributed by atoms with Crippen LogP contribution in [0.5, 0.6) is 0 Å². The summed E-state index contributed by atoms with van der Waals surface area (Å²) >= 11 is 0. The first-order valence-electron chi connectivity index (χ1n) is 10.2. The molecule has 0 aliphatic heterocycles. The Bertz CT molecular complexity index is 896. The van der Waals surface area contributed by atoms with Crippen molar-refractivity contribution in [2.45, 2.75) is 51.0 Å². The first kappa shape index (κ1) is 25.7. The van der Waals surface area contributed by atoms with Crippen molar-refractivity contribution in [1.29, 1.82) is 5.26 Å². The van der Waals surface area contributed by atoms with E-state index in [9.17, 15) is 31.6 Å². The van der Waals surface area contributed by atoms with Gasteiger partial charge in [-0.15, -0.1) is 0 Å². The molecule has 0 aromatic heterocycles. The van der Waals surface area contributed by atoms with E-state index in [0.29, 0.717) is 25.2 Å². The fourth-order valence-corrected chi connectivity index (χ4v) is 4.05. The number of hydrogen-bond donors (Lipinski definition) is 0. The van der Waals surface area contributed by atoms with E-state index in [1.165, 1.54) is 13.8 Å². The van der Waals surface area contributed by atoms with E-state index in [2.05, 4.69) is 0 Å². The Labute approximate surface area is 184 Å². The van der Waals surface area contributed by atoms with Crippen molar-refractivity contribution in [3.05, 3.63) is 70.8 Å². The number of rotatable bonds is 8. The monoisotopic (exact) mass is 456 g/mol. The number of halogens is 6. The average molecular weight is 456 g/mol. The van der Waals surface area contributed by atoms with Gasteiger partial charge in [0.05, 0.1) is 22.6 Å². The van der Waals surface area contributed by atoms with Gasteiger partial charge in [0.1, 0.15) is 0 Å². The van der Waals surface area contributed by atoms with Crippen molar-refractivity contribution >= 4 is 0 Å². The topological polar surface area (TPSA) is 27.0 Å². The second kappa shape index (κ2) is 9.95. The van der Waals surface area contributed by atoms with Crippen LogP contribution in [0, 0.1) is 17.2 Å². The van der Waals surface area contributed by atoms with E-state index in [1.807, 2.05) is 48.3 Å². The molecule has 32 heavy (non-hydrogen) atoms. The highest BCUT2D eigenvalue weighted by molar-refractivity contribution is 5.48. The van der Waals surface area contributed by atoms with Crippen LogP contribution in [0.15, 0.2) is 48.5 Å². The molecule has 0 fully saturated rings. The summed E-state index contributed by atoms with van der Waals surface area (Å²) in [4.78, 5) is 1.93. The van der Waals surface area contributed by atoms with Crippen LogP contribution in [0.2, 0.25) is 0 Å². The lowest BCUT2D eigenvalue weighted by Gasteiger charge is -2.36. The van der Waals surface area contributed by atoms with Crippen LogP contribution in [-0.2, 0) is 24.3 Å². The maximum absolute atomic E-state index is 13.8. The number of hydrogen-bond acceptors (Lipinski definition) is 2. The van der Waals surface area contributed by atoms with E-state index in [0.717, 1.165) is 11.6 Å². The smallest absolute Gasteiger partial charge is 0.302 e. The standard InChI is InChI=1S/C24H26F6N2/c1-17(2)22(16-31,13-8-14-32(3)15-18-9-5-4-6-10-18)21-19(23(25,26)27)11-7-12-20(21)24(28,29)30/h4-7,9-12,17H,8,13-15H2,1-3H3. The summed E-state index contributed by atoms with van der Waals surface area (Å²) in [5.41, 5.74) is -4.68. The van der Waals surface area contributed by atoms with Gasteiger partial charge >= 0.3 is 12.4 Å². The molecule has 1 atom stereocenters. The first-order chi connectivity index (χ1) is 14.8. The van der Waals surface area contributed by atoms with Crippen LogP contribution in [0.4, 0.5) is 26.3 Å². The third-order valence-electron chi connectivity index (χ3n) is 5.71. The van der Waals surface area contributed by atoms with Crippen molar-refractivity contribution in [2.75, 3.05) is 13.6 Å². The van der Waals surface area contributed by atoms with Gasteiger partial charge in [0.2, 0.25) is 0 Å². The molecule has 0 radical (unpaired) electrons. The van der Waals surface area contributed by atoms with Crippen LogP contribution in [0.25, 0.3) is 0 Å². The highest BCUT2D eigenvalue weighted by Crippen LogP contribution is 2.48. The molecule has 2 aromatic rings. The second-order valence-corrected chi connectivity index (χ2v) is 8.29. The fraction of sp³-hybridized carbons (Fsp3) is 0.458. The predicted molar refractivity (Wildman–Crippen MR) is 111 cm³/mol. The van der Waals surface area contributed by atoms with E-state index in [1.54, 1.807) is 0 Å². The third kappa shape index (κ3) is 5.83. The maximum Gasteiger partial charge on any atom is 0.416 e. The molecule has 0 saturated carbocycles. The van der Waals surface area contributed by atoms with Crippen LogP contribution in [0.1, 0.15) is 48.9 Å². The highest BCUT2D eigenvalue weighted by Gasteiger charge is 2.49. The summed E-state index contributed by atoms with van der Waals surface area (Å²) in [5.74, 6) is -0.767. The quantitative estimate of drug-likeness (QED) is 0.398. The molecule has 0 spiro atoms. The Morgan fingerprint density at radius 2 is 1.41 bits per heavy atom. The highest BCUT2D eigenvalue weighted by atomic mass is 19.4. The van der Waals surface area contributed by atoms with E-state index in [-0.39, 0.29) is 12.8 Å². The lowest BCUT2D eigenvalue weighted by atomic mass is 9.66. The summed E-state index contributed by atoms with van der Waals surface area (Å²) in [6, 6.07) is 13.4. The molecule has 0 aliphatic carbocycles. The van der Waals surface area contributed by atoms with E-state index < -0.39 is 40.4 Å². The van der Waals surface area contributed by atoms with Crippen molar-refractivity contribution < 1.29 is 26.3 Å². The first-order valence-corrected chi connectivity index (χ1v) is 10.2. The van der Waals surface area contributed by atoms with Crippen LogP contribution in [0.3, 0.4) is 0 Å². The summed E-state index contributed by atoms with van der Waals surface area (Å²) < 4.78 is 82.5. The molecular weight excluding hydrogens is 430 g/mol. The van der Waals surface area contributed by atoms with Gasteiger partial charge in [0.15, 0.2) is 0 Å². The molecule has 2 rings (SSSR count). The Hall–Kier alpha value is -2.53. The molecule has 1 unspecified atom stereocenters. The van der Waals surface area contributed by atoms with E-state index >= 15 is 0 Å². The minimum absolute atomic E-state index is 0.129. The van der Waals surface area contributed by atoms with Gasteiger partial charge in [-0.05, 0) is 55.6 Å². The predicted octanol–water partition coefficient (Wildman–Crippen LogP) is 7.05. The zero-order valence-corrected chi connectivity index (χ0v) is 18.2. The number of benzene rings is 2. The SMILES string of the molecule is CC(C)C(C#N)(CCCN(C)Cc1ccccc1)c1c(C(F)(F)F)cccc1C(F)(F)F. The van der Waals surface area contributed by atoms with Crippen molar-refractivity contribution in [3.8, 4) is 6.07 Å². The molecule has 2 nitrogen and oxygen atoms in total. The molecular formula is C24H26F6N2. The number of nitriles is 1. The van der Waals surface area contributed by atoms with E-state index in [4.69, 9.17) is 0 Å². The maximum atomic E-state index is 13.8. The summed E-state index contributed by atoms with van der Waals surface area (Å²) in [6.45, 7) is 3.98. The summed E-state index contributed by atoms with van der Waals surface area (Å²) in [5, 5.41) is 9.98. The molecule has 0 saturated heterocycles. The fourth-order valence-electron chi connectivity index (χ4n) is 4.05. The van der Waals surface area contributed by atoms with Gasteiger partial charge in [0.25, 0.3) is 0 Å². The second-order valence-electron chi connectivity index (χ2n) is 8.29. The van der Waals surface area contributed by atoms with Gasteiger partial charge in [-0.1, -0.05) is 50.2 Å². The molecule has 2 aromatic carbocycles. The van der Waals surface area contributed by atoms with Crippen LogP contribution < -0.4 is 0 Å². The minimum atomic E-state index is -5.02. The van der Waals surface area contributed by atoms with Gasteiger partial charge in [-0.3, -0.25) is 0 Å². The molecule has 0 heterocycles. The normalized spacial score (nSPS) is 14.4. The summed E-state index contributed by atoms with van der Waals surface area (Å²) in [7, 11) is 1.82. The Balaban J connectivity index is 2.42. The molecule has 0 N–H and O–H groups in total. The van der Waals surface area contributed by atoms with Crippen molar-refractivity contribution in [2.24, 2.45) is 5.92 Å². The van der Waals surface area contributed by atoms with Gasteiger partial charge in [-0.2, -0.15) is 31.6 Å².